The fourth-order valence-electron chi connectivity index (χ4n) is 4.91. The van der Waals surface area contributed by atoms with Crippen molar-refractivity contribution in [1.82, 2.24) is 30.0 Å². The van der Waals surface area contributed by atoms with E-state index in [2.05, 4.69) is 21.9 Å². The summed E-state index contributed by atoms with van der Waals surface area (Å²) in [4.78, 5) is 35.2. The number of hydrogen-bond donors (Lipinski definition) is 2. The van der Waals surface area contributed by atoms with Crippen LogP contribution < -0.4 is 11.1 Å². The van der Waals surface area contributed by atoms with Crippen molar-refractivity contribution in [3.63, 3.8) is 0 Å². The molecule has 1 atom stereocenters. The molecule has 0 bridgehead atoms. The average molecular weight is 514 g/mol. The Kier molecular flexibility index (Phi) is 6.87. The first kappa shape index (κ1) is 25.1. The van der Waals surface area contributed by atoms with Gasteiger partial charge in [0, 0.05) is 25.2 Å². The Morgan fingerprint density at radius 1 is 1.21 bits per heavy atom. The number of aromatic nitrogens is 4. The summed E-state index contributed by atoms with van der Waals surface area (Å²) in [5, 5.41) is 8.32. The molecule has 2 aromatic carbocycles. The summed E-state index contributed by atoms with van der Waals surface area (Å²) < 4.78 is 16.0. The molecule has 1 saturated heterocycles. The number of nitrogens with one attached hydrogen (secondary N) is 1. The second-order valence-electron chi connectivity index (χ2n) is 9.35. The van der Waals surface area contributed by atoms with Crippen LogP contribution in [0.3, 0.4) is 0 Å². The number of carbonyl (C=O) groups excluding carboxylic acids is 2. The van der Waals surface area contributed by atoms with Gasteiger partial charge in [-0.15, -0.1) is 0 Å². The number of fused-ring (bicyclic) bond motifs is 1. The third-order valence-corrected chi connectivity index (χ3v) is 6.88. The third kappa shape index (κ3) is 4.72. The quantitative estimate of drug-likeness (QED) is 0.379. The normalized spacial score (nSPS) is 15.4. The van der Waals surface area contributed by atoms with Crippen LogP contribution in [-0.4, -0.2) is 49.6 Å². The molecular weight excluding hydrogens is 485 g/mol. The van der Waals surface area contributed by atoms with Gasteiger partial charge in [0.25, 0.3) is 5.91 Å². The van der Waals surface area contributed by atoms with E-state index in [1.807, 2.05) is 28.9 Å². The number of anilines is 1. The number of benzene rings is 2. The first-order valence-electron chi connectivity index (χ1n) is 12.4. The number of carbonyl (C=O) groups is 2. The second-order valence-corrected chi connectivity index (χ2v) is 9.35. The first-order valence-corrected chi connectivity index (χ1v) is 12.4. The van der Waals surface area contributed by atoms with Gasteiger partial charge in [-0.05, 0) is 43.0 Å². The highest BCUT2D eigenvalue weighted by Gasteiger charge is 2.28. The molecule has 0 spiro atoms. The van der Waals surface area contributed by atoms with Gasteiger partial charge < -0.3 is 16.0 Å². The molecule has 3 heterocycles. The molecule has 0 aliphatic carbocycles. The molecule has 1 fully saturated rings. The van der Waals surface area contributed by atoms with Crippen LogP contribution in [0.4, 0.5) is 10.2 Å². The minimum atomic E-state index is -0.546. The molecule has 4 aromatic rings. The highest BCUT2D eigenvalue weighted by Crippen LogP contribution is 2.34. The van der Waals surface area contributed by atoms with Crippen molar-refractivity contribution in [2.45, 2.75) is 32.4 Å². The van der Waals surface area contributed by atoms with Crippen LogP contribution in [0.15, 0.2) is 61.4 Å². The van der Waals surface area contributed by atoms with E-state index in [0.717, 1.165) is 24.0 Å². The summed E-state index contributed by atoms with van der Waals surface area (Å²) in [6.45, 7) is 6.73. The summed E-state index contributed by atoms with van der Waals surface area (Å²) >= 11 is 0. The van der Waals surface area contributed by atoms with Gasteiger partial charge in [-0.1, -0.05) is 43.0 Å². The molecule has 194 valence electrons. The zero-order chi connectivity index (χ0) is 26.8. The van der Waals surface area contributed by atoms with Gasteiger partial charge in [0.2, 0.25) is 5.91 Å². The van der Waals surface area contributed by atoms with Crippen LogP contribution in [0.2, 0.25) is 0 Å². The smallest absolute Gasteiger partial charge is 0.254 e. The summed E-state index contributed by atoms with van der Waals surface area (Å²) in [6.07, 6.45) is 4.43. The van der Waals surface area contributed by atoms with Crippen molar-refractivity contribution in [2.24, 2.45) is 0 Å². The predicted molar refractivity (Wildman–Crippen MR) is 143 cm³/mol. The molecule has 0 saturated carbocycles. The highest BCUT2D eigenvalue weighted by molar-refractivity contribution is 5.98. The molecule has 3 N–H and O–H groups in total. The van der Waals surface area contributed by atoms with Crippen molar-refractivity contribution in [2.75, 3.05) is 18.8 Å². The molecule has 10 heteroatoms. The Balaban J connectivity index is 1.40. The van der Waals surface area contributed by atoms with Crippen molar-refractivity contribution >= 4 is 28.7 Å². The van der Waals surface area contributed by atoms with Gasteiger partial charge in [-0.25, -0.2) is 19.0 Å². The van der Waals surface area contributed by atoms with Crippen LogP contribution in [0.25, 0.3) is 22.3 Å². The molecule has 2 amide bonds. The summed E-state index contributed by atoms with van der Waals surface area (Å²) in [5.74, 6) is -0.790. The number of nitrogens with two attached hydrogens (primary N) is 1. The molecule has 38 heavy (non-hydrogen) atoms. The maximum Gasteiger partial charge on any atom is 0.254 e. The van der Waals surface area contributed by atoms with Crippen LogP contribution >= 0.6 is 0 Å². The SMILES string of the molecule is C=CC(=O)N1CCCC(n2nc(-c3ccc(CNC(=O)c4c(C)cccc4F)cc3)c3c(N)ncnc32)C1. The van der Waals surface area contributed by atoms with Crippen molar-refractivity contribution < 1.29 is 14.0 Å². The Morgan fingerprint density at radius 3 is 2.74 bits per heavy atom. The molecule has 9 nitrogen and oxygen atoms in total. The van der Waals surface area contributed by atoms with Crippen LogP contribution in [0.1, 0.15) is 40.4 Å². The molecule has 2 aromatic heterocycles. The Hall–Kier alpha value is -4.60. The van der Waals surface area contributed by atoms with Crippen molar-refractivity contribution in [1.29, 1.82) is 0 Å². The standard InChI is InChI=1S/C28H28FN7O2/c1-3-22(37)35-13-5-7-20(15-35)36-27-24(26(30)32-16-33-27)25(34-36)19-11-9-18(10-12-19)14-31-28(38)23-17(2)6-4-8-21(23)29/h3-4,6,8-12,16,20H,1,5,7,13-15H2,2H3,(H,31,38)(H2,30,32,33). The number of piperidine rings is 1. The fourth-order valence-corrected chi connectivity index (χ4v) is 4.91. The van der Waals surface area contributed by atoms with Crippen LogP contribution in [-0.2, 0) is 11.3 Å². The van der Waals surface area contributed by atoms with E-state index in [1.54, 1.807) is 24.0 Å². The minimum absolute atomic E-state index is 0.0488. The number of nitrogens with zero attached hydrogens (tertiary/aromatic N) is 5. The molecule has 1 aliphatic rings. The van der Waals surface area contributed by atoms with Crippen LogP contribution in [0, 0.1) is 12.7 Å². The largest absolute Gasteiger partial charge is 0.383 e. The number of amides is 2. The molecule has 1 aliphatic heterocycles. The van der Waals surface area contributed by atoms with Crippen LogP contribution in [0.5, 0.6) is 0 Å². The molecular formula is C28H28FN7O2. The van der Waals surface area contributed by atoms with E-state index < -0.39 is 11.7 Å². The van der Waals surface area contributed by atoms with Crippen molar-refractivity contribution in [3.05, 3.63) is 84.0 Å². The summed E-state index contributed by atoms with van der Waals surface area (Å²) in [7, 11) is 0. The van der Waals surface area contributed by atoms with E-state index in [4.69, 9.17) is 10.8 Å². The fraction of sp³-hybridized carbons (Fsp3) is 0.250. The lowest BCUT2D eigenvalue weighted by Gasteiger charge is -2.32. The van der Waals surface area contributed by atoms with Gasteiger partial charge >= 0.3 is 0 Å². The lowest BCUT2D eigenvalue weighted by Crippen LogP contribution is -2.40. The zero-order valence-electron chi connectivity index (χ0n) is 21.0. The summed E-state index contributed by atoms with van der Waals surface area (Å²) in [6, 6.07) is 12.0. The number of halogens is 1. The Morgan fingerprint density at radius 2 is 2.00 bits per heavy atom. The average Bonchev–Trinajstić information content (AvgIpc) is 3.33. The van der Waals surface area contributed by atoms with E-state index in [0.29, 0.717) is 41.2 Å². The Labute approximate surface area is 219 Å². The van der Waals surface area contributed by atoms with Gasteiger partial charge in [0.05, 0.1) is 17.0 Å². The maximum absolute atomic E-state index is 14.1. The highest BCUT2D eigenvalue weighted by atomic mass is 19.1. The topological polar surface area (TPSA) is 119 Å². The lowest BCUT2D eigenvalue weighted by molar-refractivity contribution is -0.127. The predicted octanol–water partition coefficient (Wildman–Crippen LogP) is 3.80. The molecule has 5 rings (SSSR count). The molecule has 1 unspecified atom stereocenters. The Bertz CT molecular complexity index is 1510. The number of hydrogen-bond acceptors (Lipinski definition) is 6. The van der Waals surface area contributed by atoms with E-state index >= 15 is 0 Å². The second kappa shape index (κ2) is 10.4. The van der Waals surface area contributed by atoms with E-state index in [-0.39, 0.29) is 24.1 Å². The van der Waals surface area contributed by atoms with Gasteiger partial charge in [-0.2, -0.15) is 5.10 Å². The number of aryl methyl sites for hydroxylation is 1. The van der Waals surface area contributed by atoms with Gasteiger partial charge in [0.1, 0.15) is 23.7 Å². The lowest BCUT2D eigenvalue weighted by atomic mass is 10.1. The van der Waals surface area contributed by atoms with E-state index in [9.17, 15) is 14.0 Å². The minimum Gasteiger partial charge on any atom is -0.383 e. The number of nitrogen functional groups attached to an aromatic ring is 1. The van der Waals surface area contributed by atoms with Gasteiger partial charge in [-0.3, -0.25) is 9.59 Å². The summed E-state index contributed by atoms with van der Waals surface area (Å²) in [5.41, 5.74) is 9.80. The van der Waals surface area contributed by atoms with Crippen molar-refractivity contribution in [3.8, 4) is 11.3 Å². The van der Waals surface area contributed by atoms with Gasteiger partial charge in [0.15, 0.2) is 5.65 Å². The van der Waals surface area contributed by atoms with E-state index in [1.165, 1.54) is 18.5 Å². The monoisotopic (exact) mass is 513 g/mol. The maximum atomic E-state index is 14.1. The third-order valence-electron chi connectivity index (χ3n) is 6.88. The molecule has 0 radical (unpaired) electrons. The number of rotatable bonds is 6. The number of likely N-dealkylation sites (tertiary alicyclic amines) is 1. The first-order chi connectivity index (χ1) is 18.4. The zero-order valence-corrected chi connectivity index (χ0v) is 21.0.